The third-order valence-corrected chi connectivity index (χ3v) is 5.02. The Kier molecular flexibility index (Phi) is 6.52. The van der Waals surface area contributed by atoms with Crippen LogP contribution in [0.1, 0.15) is 38.5 Å². The maximum atomic E-state index is 4.47. The lowest BCUT2D eigenvalue weighted by Crippen LogP contribution is -2.41. The smallest absolute Gasteiger partial charge is 0.193 e. The zero-order valence-corrected chi connectivity index (χ0v) is 15.8. The number of likely N-dealkylation sites (tertiary alicyclic amines) is 1. The first-order valence-corrected chi connectivity index (χ1v) is 8.24. The number of halogens is 1. The van der Waals surface area contributed by atoms with Gasteiger partial charge in [-0.3, -0.25) is 9.67 Å². The fraction of sp³-hybridized carbons (Fsp3) is 0.750. The van der Waals surface area contributed by atoms with Crippen LogP contribution in [0.5, 0.6) is 0 Å². The molecule has 3 rings (SSSR count). The fourth-order valence-electron chi connectivity index (χ4n) is 3.86. The van der Waals surface area contributed by atoms with Crippen molar-refractivity contribution in [2.24, 2.45) is 10.4 Å². The SMILES string of the molecule is CN=C(NCCCn1cccn1)N1CCC2(CCCC2)C1.I. The van der Waals surface area contributed by atoms with Gasteiger partial charge in [0.25, 0.3) is 0 Å². The van der Waals surface area contributed by atoms with Crippen molar-refractivity contribution in [1.82, 2.24) is 20.0 Å². The van der Waals surface area contributed by atoms with Crippen molar-refractivity contribution in [3.63, 3.8) is 0 Å². The number of rotatable bonds is 4. The Labute approximate surface area is 150 Å². The molecule has 124 valence electrons. The number of aliphatic imine (C=N–C) groups is 1. The normalized spacial score (nSPS) is 20.4. The molecule has 1 aromatic heterocycles. The molecule has 1 saturated carbocycles. The molecule has 1 spiro atoms. The first-order chi connectivity index (χ1) is 10.3. The molecule has 5 nitrogen and oxygen atoms in total. The van der Waals surface area contributed by atoms with Gasteiger partial charge in [0.2, 0.25) is 0 Å². The highest BCUT2D eigenvalue weighted by Gasteiger charge is 2.40. The highest BCUT2D eigenvalue weighted by atomic mass is 127. The van der Waals surface area contributed by atoms with E-state index in [-0.39, 0.29) is 24.0 Å². The Morgan fingerprint density at radius 3 is 2.82 bits per heavy atom. The largest absolute Gasteiger partial charge is 0.356 e. The van der Waals surface area contributed by atoms with Gasteiger partial charge in [0.1, 0.15) is 0 Å². The lowest BCUT2D eigenvalue weighted by atomic mass is 9.86. The summed E-state index contributed by atoms with van der Waals surface area (Å²) in [7, 11) is 1.90. The summed E-state index contributed by atoms with van der Waals surface area (Å²) in [6.07, 6.45) is 11.9. The number of nitrogens with zero attached hydrogens (tertiary/aromatic N) is 4. The molecule has 1 aliphatic heterocycles. The van der Waals surface area contributed by atoms with Gasteiger partial charge in [-0.2, -0.15) is 5.10 Å². The lowest BCUT2D eigenvalue weighted by molar-refractivity contribution is 0.309. The number of hydrogen-bond donors (Lipinski definition) is 1. The van der Waals surface area contributed by atoms with Crippen LogP contribution in [0.4, 0.5) is 0 Å². The van der Waals surface area contributed by atoms with Crippen molar-refractivity contribution < 1.29 is 0 Å². The van der Waals surface area contributed by atoms with Crippen molar-refractivity contribution in [3.05, 3.63) is 18.5 Å². The van der Waals surface area contributed by atoms with Gasteiger partial charge < -0.3 is 10.2 Å². The van der Waals surface area contributed by atoms with Crippen LogP contribution in [-0.2, 0) is 6.54 Å². The topological polar surface area (TPSA) is 45.5 Å². The number of hydrogen-bond acceptors (Lipinski definition) is 2. The predicted octanol–water partition coefficient (Wildman–Crippen LogP) is 2.73. The van der Waals surface area contributed by atoms with Crippen LogP contribution < -0.4 is 5.32 Å². The Bertz CT molecular complexity index is 465. The zero-order valence-electron chi connectivity index (χ0n) is 13.5. The Balaban J connectivity index is 0.00000176. The Hall–Kier alpha value is -0.790. The molecular formula is C16H28IN5. The molecule has 1 saturated heterocycles. The molecule has 6 heteroatoms. The molecular weight excluding hydrogens is 389 g/mol. The molecule has 0 unspecified atom stereocenters. The first-order valence-electron chi connectivity index (χ1n) is 8.24. The lowest BCUT2D eigenvalue weighted by Gasteiger charge is -2.25. The summed E-state index contributed by atoms with van der Waals surface area (Å²) in [5.41, 5.74) is 0.604. The molecule has 1 aliphatic carbocycles. The van der Waals surface area contributed by atoms with Crippen LogP contribution in [-0.4, -0.2) is 47.3 Å². The number of aryl methyl sites for hydroxylation is 1. The average molecular weight is 417 g/mol. The van der Waals surface area contributed by atoms with Gasteiger partial charge >= 0.3 is 0 Å². The molecule has 2 heterocycles. The van der Waals surface area contributed by atoms with Crippen LogP contribution in [0, 0.1) is 5.41 Å². The van der Waals surface area contributed by atoms with E-state index in [4.69, 9.17) is 0 Å². The minimum Gasteiger partial charge on any atom is -0.356 e. The van der Waals surface area contributed by atoms with E-state index in [0.717, 1.165) is 25.5 Å². The second-order valence-electron chi connectivity index (χ2n) is 6.48. The maximum absolute atomic E-state index is 4.47. The van der Waals surface area contributed by atoms with Crippen LogP contribution in [0.2, 0.25) is 0 Å². The van der Waals surface area contributed by atoms with Crippen molar-refractivity contribution in [2.75, 3.05) is 26.7 Å². The molecule has 2 aliphatic rings. The second kappa shape index (κ2) is 8.17. The average Bonchev–Trinajstić information content (AvgIpc) is 3.24. The van der Waals surface area contributed by atoms with Crippen molar-refractivity contribution in [3.8, 4) is 0 Å². The molecule has 22 heavy (non-hydrogen) atoms. The van der Waals surface area contributed by atoms with E-state index in [1.807, 2.05) is 30.2 Å². The van der Waals surface area contributed by atoms with E-state index in [2.05, 4.69) is 20.3 Å². The quantitative estimate of drug-likeness (QED) is 0.355. The summed E-state index contributed by atoms with van der Waals surface area (Å²) in [6, 6.07) is 1.97. The third kappa shape index (κ3) is 4.14. The van der Waals surface area contributed by atoms with Crippen LogP contribution in [0.15, 0.2) is 23.5 Å². The Morgan fingerprint density at radius 1 is 1.32 bits per heavy atom. The van der Waals surface area contributed by atoms with Crippen molar-refractivity contribution >= 4 is 29.9 Å². The molecule has 0 atom stereocenters. The molecule has 0 bridgehead atoms. The van der Waals surface area contributed by atoms with E-state index in [1.165, 1.54) is 45.2 Å². The number of guanidine groups is 1. The van der Waals surface area contributed by atoms with Gasteiger partial charge in [-0.05, 0) is 37.2 Å². The number of nitrogens with one attached hydrogen (secondary N) is 1. The second-order valence-corrected chi connectivity index (χ2v) is 6.48. The van der Waals surface area contributed by atoms with Crippen molar-refractivity contribution in [2.45, 2.75) is 45.1 Å². The van der Waals surface area contributed by atoms with Crippen LogP contribution in [0.3, 0.4) is 0 Å². The summed E-state index contributed by atoms with van der Waals surface area (Å²) in [5, 5.41) is 7.74. The molecule has 0 aromatic carbocycles. The van der Waals surface area contributed by atoms with Crippen LogP contribution >= 0.6 is 24.0 Å². The molecule has 0 radical (unpaired) electrons. The summed E-state index contributed by atoms with van der Waals surface area (Å²) in [5.74, 6) is 1.08. The summed E-state index contributed by atoms with van der Waals surface area (Å²) >= 11 is 0. The van der Waals surface area contributed by atoms with E-state index in [1.54, 1.807) is 0 Å². The minimum atomic E-state index is 0. The molecule has 1 N–H and O–H groups in total. The van der Waals surface area contributed by atoms with Crippen LogP contribution in [0.25, 0.3) is 0 Å². The molecule has 2 fully saturated rings. The first kappa shape index (κ1) is 17.6. The van der Waals surface area contributed by atoms with E-state index in [9.17, 15) is 0 Å². The van der Waals surface area contributed by atoms with E-state index in [0.29, 0.717) is 5.41 Å². The zero-order chi connectivity index (χ0) is 14.5. The highest BCUT2D eigenvalue weighted by molar-refractivity contribution is 14.0. The van der Waals surface area contributed by atoms with Gasteiger partial charge in [-0.15, -0.1) is 24.0 Å². The third-order valence-electron chi connectivity index (χ3n) is 5.02. The van der Waals surface area contributed by atoms with Gasteiger partial charge in [0.15, 0.2) is 5.96 Å². The molecule has 0 amide bonds. The fourth-order valence-corrected chi connectivity index (χ4v) is 3.86. The Morgan fingerprint density at radius 2 is 2.14 bits per heavy atom. The predicted molar refractivity (Wildman–Crippen MR) is 101 cm³/mol. The van der Waals surface area contributed by atoms with E-state index >= 15 is 0 Å². The van der Waals surface area contributed by atoms with Gasteiger partial charge in [0.05, 0.1) is 0 Å². The maximum Gasteiger partial charge on any atom is 0.193 e. The van der Waals surface area contributed by atoms with Gasteiger partial charge in [-0.1, -0.05) is 12.8 Å². The summed E-state index contributed by atoms with van der Waals surface area (Å²) < 4.78 is 1.98. The standard InChI is InChI=1S/C16H27N5.HI/c1-17-15(18-9-4-11-21-12-5-10-19-21)20-13-8-16(14-20)6-2-3-7-16;/h5,10,12H,2-4,6-9,11,13-14H2,1H3,(H,17,18);1H. The van der Waals surface area contributed by atoms with Crippen molar-refractivity contribution in [1.29, 1.82) is 0 Å². The molecule has 1 aromatic rings. The monoisotopic (exact) mass is 417 g/mol. The highest BCUT2D eigenvalue weighted by Crippen LogP contribution is 2.45. The van der Waals surface area contributed by atoms with E-state index < -0.39 is 0 Å². The van der Waals surface area contributed by atoms with Gasteiger partial charge in [0, 0.05) is 45.6 Å². The summed E-state index contributed by atoms with van der Waals surface area (Å²) in [6.45, 7) is 4.28. The summed E-state index contributed by atoms with van der Waals surface area (Å²) in [4.78, 5) is 6.93. The number of aromatic nitrogens is 2. The van der Waals surface area contributed by atoms with Gasteiger partial charge in [-0.25, -0.2) is 0 Å². The minimum absolute atomic E-state index is 0.